The fraction of sp³-hybridized carbons (Fsp3) is 0.524. The first-order valence-electron chi connectivity index (χ1n) is 10.2. The summed E-state index contributed by atoms with van der Waals surface area (Å²) in [7, 11) is 0. The highest BCUT2D eigenvalue weighted by molar-refractivity contribution is 9.12. The maximum absolute atomic E-state index is 13.0. The molecular formula is C21H19Br2F3N2O5. The van der Waals surface area contributed by atoms with Crippen molar-refractivity contribution >= 4 is 61.2 Å². The molecule has 33 heavy (non-hydrogen) atoms. The quantitative estimate of drug-likeness (QED) is 0.320. The summed E-state index contributed by atoms with van der Waals surface area (Å²) in [6.07, 6.45) is -3.82. The van der Waals surface area contributed by atoms with Crippen molar-refractivity contribution in [3.8, 4) is 0 Å². The summed E-state index contributed by atoms with van der Waals surface area (Å²) < 4.78 is 43.3. The van der Waals surface area contributed by atoms with E-state index in [1.54, 1.807) is 0 Å². The van der Waals surface area contributed by atoms with Gasteiger partial charge >= 0.3 is 12.1 Å². The second-order valence-electron chi connectivity index (χ2n) is 8.46. The van der Waals surface area contributed by atoms with Crippen LogP contribution in [0.3, 0.4) is 0 Å². The van der Waals surface area contributed by atoms with Crippen molar-refractivity contribution in [3.05, 3.63) is 29.8 Å². The Kier molecular flexibility index (Phi) is 6.36. The van der Waals surface area contributed by atoms with Crippen LogP contribution in [-0.4, -0.2) is 50.9 Å². The van der Waals surface area contributed by atoms with Crippen LogP contribution in [0.15, 0.2) is 24.3 Å². The molecule has 1 saturated heterocycles. The fourth-order valence-corrected chi connectivity index (χ4v) is 6.96. The number of ether oxygens (including phenoxy) is 1. The Balaban J connectivity index is 1.35. The van der Waals surface area contributed by atoms with Crippen molar-refractivity contribution in [2.75, 3.05) is 11.9 Å². The van der Waals surface area contributed by atoms with E-state index in [-0.39, 0.29) is 27.2 Å². The lowest BCUT2D eigenvalue weighted by molar-refractivity contribution is -0.159. The zero-order chi connectivity index (χ0) is 24.2. The SMILES string of the molecule is C[C@H](C(=O)OCC(=O)Nc1cccc(C(F)(F)F)c1)N1C(=O)[C@@H]2[C@H]3C[C@@H]([C@H](Br)[C@H]3Br)[C@H]2C1=O. The van der Waals surface area contributed by atoms with Gasteiger partial charge in [-0.1, -0.05) is 37.9 Å². The molecule has 7 atom stereocenters. The highest BCUT2D eigenvalue weighted by Crippen LogP contribution is 2.60. The molecule has 4 rings (SSSR count). The van der Waals surface area contributed by atoms with E-state index in [9.17, 15) is 32.3 Å². The molecule has 3 aliphatic rings. The second kappa shape index (κ2) is 8.68. The molecule has 2 saturated carbocycles. The maximum atomic E-state index is 13.0. The number of fused-ring (bicyclic) bond motifs is 5. The highest BCUT2D eigenvalue weighted by Gasteiger charge is 2.67. The van der Waals surface area contributed by atoms with E-state index in [2.05, 4.69) is 37.2 Å². The van der Waals surface area contributed by atoms with Gasteiger partial charge in [0.05, 0.1) is 17.4 Å². The molecule has 7 nitrogen and oxygen atoms in total. The Labute approximate surface area is 203 Å². The normalized spacial score (nSPS) is 31.5. The molecule has 0 aromatic heterocycles. The van der Waals surface area contributed by atoms with Gasteiger partial charge in [0.25, 0.3) is 5.91 Å². The van der Waals surface area contributed by atoms with E-state index in [0.29, 0.717) is 0 Å². The van der Waals surface area contributed by atoms with Gasteiger partial charge in [0, 0.05) is 15.3 Å². The topological polar surface area (TPSA) is 92.8 Å². The number of carbonyl (C=O) groups excluding carboxylic acids is 4. The van der Waals surface area contributed by atoms with Crippen molar-refractivity contribution in [3.63, 3.8) is 0 Å². The van der Waals surface area contributed by atoms with Crippen LogP contribution in [0.4, 0.5) is 18.9 Å². The number of nitrogens with zero attached hydrogens (tertiary/aromatic N) is 1. The summed E-state index contributed by atoms with van der Waals surface area (Å²) in [5.74, 6) is -3.62. The van der Waals surface area contributed by atoms with Crippen LogP contribution in [0.1, 0.15) is 18.9 Å². The van der Waals surface area contributed by atoms with Crippen LogP contribution in [-0.2, 0) is 30.1 Å². The van der Waals surface area contributed by atoms with E-state index in [1.165, 1.54) is 13.0 Å². The Hall–Kier alpha value is -1.95. The van der Waals surface area contributed by atoms with Gasteiger partial charge in [0.15, 0.2) is 6.61 Å². The summed E-state index contributed by atoms with van der Waals surface area (Å²) in [4.78, 5) is 51.5. The van der Waals surface area contributed by atoms with Crippen molar-refractivity contribution in [2.24, 2.45) is 23.7 Å². The summed E-state index contributed by atoms with van der Waals surface area (Å²) in [6.45, 7) is 0.573. The average molecular weight is 596 g/mol. The Morgan fingerprint density at radius 3 is 2.27 bits per heavy atom. The number of rotatable bonds is 5. The predicted octanol–water partition coefficient (Wildman–Crippen LogP) is 3.35. The van der Waals surface area contributed by atoms with Crippen LogP contribution in [0.5, 0.6) is 0 Å². The van der Waals surface area contributed by atoms with Crippen LogP contribution >= 0.6 is 31.9 Å². The lowest BCUT2D eigenvalue weighted by atomic mass is 9.81. The molecule has 2 bridgehead atoms. The minimum absolute atomic E-state index is 0.00714. The Morgan fingerprint density at radius 2 is 1.73 bits per heavy atom. The van der Waals surface area contributed by atoms with Gasteiger partial charge in [-0.15, -0.1) is 0 Å². The molecule has 0 radical (unpaired) electrons. The van der Waals surface area contributed by atoms with E-state index in [0.717, 1.165) is 29.5 Å². The highest BCUT2D eigenvalue weighted by atomic mass is 79.9. The van der Waals surface area contributed by atoms with Crippen LogP contribution in [0.2, 0.25) is 0 Å². The molecule has 0 spiro atoms. The van der Waals surface area contributed by atoms with E-state index >= 15 is 0 Å². The summed E-state index contributed by atoms with van der Waals surface area (Å²) in [6, 6.07) is 2.79. The molecule has 3 fully saturated rings. The van der Waals surface area contributed by atoms with E-state index < -0.39 is 59.9 Å². The first kappa shape index (κ1) is 24.2. The largest absolute Gasteiger partial charge is 0.454 e. The molecule has 3 amide bonds. The zero-order valence-corrected chi connectivity index (χ0v) is 20.3. The van der Waals surface area contributed by atoms with Gasteiger partial charge in [-0.2, -0.15) is 13.2 Å². The number of carbonyl (C=O) groups is 4. The van der Waals surface area contributed by atoms with Crippen LogP contribution < -0.4 is 5.32 Å². The smallest absolute Gasteiger partial charge is 0.416 e. The van der Waals surface area contributed by atoms with Gasteiger partial charge in [-0.05, 0) is 43.4 Å². The van der Waals surface area contributed by atoms with E-state index in [4.69, 9.17) is 4.74 Å². The number of imide groups is 1. The molecule has 1 aromatic carbocycles. The Bertz CT molecular complexity index is 988. The molecule has 0 unspecified atom stereocenters. The minimum atomic E-state index is -4.57. The molecule has 1 heterocycles. The third-order valence-corrected chi connectivity index (χ3v) is 9.78. The number of amides is 3. The number of likely N-dealkylation sites (tertiary alicyclic amines) is 1. The zero-order valence-electron chi connectivity index (χ0n) is 17.1. The van der Waals surface area contributed by atoms with Gasteiger partial charge < -0.3 is 10.1 Å². The first-order chi connectivity index (χ1) is 15.4. The number of halogens is 5. The molecule has 1 aliphatic heterocycles. The fourth-order valence-electron chi connectivity index (χ4n) is 5.09. The molecule has 1 aromatic rings. The Morgan fingerprint density at radius 1 is 1.15 bits per heavy atom. The number of alkyl halides is 5. The predicted molar refractivity (Wildman–Crippen MR) is 116 cm³/mol. The van der Waals surface area contributed by atoms with Crippen molar-refractivity contribution in [1.29, 1.82) is 0 Å². The molecule has 2 aliphatic carbocycles. The van der Waals surface area contributed by atoms with Crippen LogP contribution in [0.25, 0.3) is 0 Å². The molecule has 178 valence electrons. The maximum Gasteiger partial charge on any atom is 0.416 e. The van der Waals surface area contributed by atoms with E-state index in [1.807, 2.05) is 0 Å². The number of esters is 1. The molecule has 12 heteroatoms. The summed E-state index contributed by atoms with van der Waals surface area (Å²) in [5, 5.41) is 2.22. The second-order valence-corrected chi connectivity index (χ2v) is 10.6. The first-order valence-corrected chi connectivity index (χ1v) is 12.0. The third-order valence-electron chi connectivity index (χ3n) is 6.57. The average Bonchev–Trinajstić information content (AvgIpc) is 3.36. The number of hydrogen-bond acceptors (Lipinski definition) is 5. The minimum Gasteiger partial charge on any atom is -0.454 e. The summed E-state index contributed by atoms with van der Waals surface area (Å²) >= 11 is 7.17. The lowest BCUT2D eigenvalue weighted by Crippen LogP contribution is -2.45. The van der Waals surface area contributed by atoms with Gasteiger partial charge in [0.1, 0.15) is 6.04 Å². The van der Waals surface area contributed by atoms with Crippen molar-refractivity contribution in [1.82, 2.24) is 4.90 Å². The standard InChI is InChI=1S/C21H19Br2F3N2O5/c1-8(28-18(30)14-11-6-12(15(14)19(28)31)17(23)16(11)22)20(32)33-7-13(29)27-10-4-2-3-9(5-10)21(24,25)26/h2-5,8,11-12,14-17H,6-7H2,1H3,(H,27,29)/t8-,11-,12-,14-,15-,16+,17+/m1/s1. The number of anilines is 1. The number of hydrogen-bond donors (Lipinski definition) is 1. The van der Waals surface area contributed by atoms with Gasteiger partial charge in [0.2, 0.25) is 11.8 Å². The van der Waals surface area contributed by atoms with Crippen LogP contribution in [0, 0.1) is 23.7 Å². The van der Waals surface area contributed by atoms with Crippen molar-refractivity contribution < 1.29 is 37.1 Å². The summed E-state index contributed by atoms with van der Waals surface area (Å²) in [5.41, 5.74) is -1.05. The number of benzene rings is 1. The third kappa shape index (κ3) is 4.20. The van der Waals surface area contributed by atoms with Gasteiger partial charge in [-0.25, -0.2) is 4.79 Å². The monoisotopic (exact) mass is 594 g/mol. The van der Waals surface area contributed by atoms with Gasteiger partial charge in [-0.3, -0.25) is 19.3 Å². The van der Waals surface area contributed by atoms with Crippen molar-refractivity contribution in [2.45, 2.75) is 35.2 Å². The molecule has 1 N–H and O–H groups in total. The molecular weight excluding hydrogens is 577 g/mol. The number of nitrogens with one attached hydrogen (secondary N) is 1. The lowest BCUT2D eigenvalue weighted by Gasteiger charge is -2.28.